The van der Waals surface area contributed by atoms with Gasteiger partial charge in [0.1, 0.15) is 5.82 Å². The fourth-order valence-electron chi connectivity index (χ4n) is 5.49. The molecule has 2 aliphatic rings. The van der Waals surface area contributed by atoms with Crippen molar-refractivity contribution < 1.29 is 13.9 Å². The van der Waals surface area contributed by atoms with Crippen molar-refractivity contribution in [3.8, 4) is 0 Å². The SMILES string of the molecule is C[C@@H]1CN(c2cccc3cc(F)ccc23)CCN1CC[C@@H]1OCCc2cc(C(=O)N=CN(C)C)ccc21. The first-order valence-electron chi connectivity index (χ1n) is 13.1. The highest BCUT2D eigenvalue weighted by molar-refractivity contribution is 5.99. The average molecular weight is 503 g/mol. The number of carbonyl (C=O) groups excluding carboxylic acids is 1. The third-order valence-corrected chi connectivity index (χ3v) is 7.44. The van der Waals surface area contributed by atoms with Crippen LogP contribution >= 0.6 is 0 Å². The molecule has 0 spiro atoms. The Morgan fingerprint density at radius 2 is 2.03 bits per heavy atom. The van der Waals surface area contributed by atoms with Crippen LogP contribution in [0.15, 0.2) is 59.6 Å². The summed E-state index contributed by atoms with van der Waals surface area (Å²) in [6, 6.07) is 17.5. The second-order valence-corrected chi connectivity index (χ2v) is 10.3. The Labute approximate surface area is 218 Å². The molecule has 0 aliphatic carbocycles. The van der Waals surface area contributed by atoms with Crippen molar-refractivity contribution in [2.75, 3.05) is 51.8 Å². The highest BCUT2D eigenvalue weighted by Crippen LogP contribution is 2.32. The summed E-state index contributed by atoms with van der Waals surface area (Å²) in [6.45, 7) is 6.72. The van der Waals surface area contributed by atoms with E-state index in [4.69, 9.17) is 4.74 Å². The molecule has 1 fully saturated rings. The lowest BCUT2D eigenvalue weighted by Gasteiger charge is -2.42. The number of halogens is 1. The standard InChI is InChI=1S/C30H35FN4O2/c1-21-19-35(28-6-4-5-22-18-25(31)8-10-26(22)28)15-14-34(21)13-11-29-27-9-7-24(17-23(27)12-16-37-29)30(36)32-20-33(2)3/h4-10,17-18,20-21,29H,11-16,19H2,1-3H3/t21-,29+/m1/s1. The first-order chi connectivity index (χ1) is 17.9. The number of nitrogens with zero attached hydrogens (tertiary/aromatic N) is 4. The zero-order valence-corrected chi connectivity index (χ0v) is 21.9. The fourth-order valence-corrected chi connectivity index (χ4v) is 5.49. The Hall–Kier alpha value is -3.29. The molecule has 6 nitrogen and oxygen atoms in total. The lowest BCUT2D eigenvalue weighted by molar-refractivity contribution is 0.0255. The molecule has 0 unspecified atom stereocenters. The number of rotatable bonds is 6. The van der Waals surface area contributed by atoms with Gasteiger partial charge in [-0.25, -0.2) is 4.39 Å². The van der Waals surface area contributed by atoms with Gasteiger partial charge in [0.2, 0.25) is 0 Å². The van der Waals surface area contributed by atoms with Crippen molar-refractivity contribution in [3.05, 3.63) is 77.1 Å². The summed E-state index contributed by atoms with van der Waals surface area (Å²) in [6.07, 6.45) is 3.30. The Bertz CT molecular complexity index is 1310. The Morgan fingerprint density at radius 3 is 2.84 bits per heavy atom. The third-order valence-electron chi connectivity index (χ3n) is 7.44. The van der Waals surface area contributed by atoms with Gasteiger partial charge < -0.3 is 14.5 Å². The maximum absolute atomic E-state index is 13.7. The van der Waals surface area contributed by atoms with E-state index in [1.165, 1.54) is 23.2 Å². The molecule has 2 heterocycles. The van der Waals surface area contributed by atoms with Crippen LogP contribution in [0.5, 0.6) is 0 Å². The Balaban J connectivity index is 1.22. The van der Waals surface area contributed by atoms with Crippen molar-refractivity contribution in [2.45, 2.75) is 31.9 Å². The molecule has 0 N–H and O–H groups in total. The minimum atomic E-state index is -0.220. The van der Waals surface area contributed by atoms with Crippen LogP contribution in [0.4, 0.5) is 10.1 Å². The lowest BCUT2D eigenvalue weighted by atomic mass is 9.93. The van der Waals surface area contributed by atoms with Gasteiger partial charge in [0.25, 0.3) is 5.91 Å². The molecule has 2 atom stereocenters. The van der Waals surface area contributed by atoms with Crippen molar-refractivity contribution in [3.63, 3.8) is 0 Å². The van der Waals surface area contributed by atoms with Crippen molar-refractivity contribution >= 4 is 28.7 Å². The van der Waals surface area contributed by atoms with E-state index in [9.17, 15) is 9.18 Å². The second kappa shape index (κ2) is 11.0. The number of hydrogen-bond acceptors (Lipinski definition) is 4. The number of piperazine rings is 1. The summed E-state index contributed by atoms with van der Waals surface area (Å²) in [5.74, 6) is -0.419. The molecule has 0 radical (unpaired) electrons. The minimum Gasteiger partial charge on any atom is -0.373 e. The molecule has 3 aromatic carbocycles. The molecule has 1 amide bonds. The minimum absolute atomic E-state index is 0.0383. The van der Waals surface area contributed by atoms with E-state index >= 15 is 0 Å². The molecule has 0 bridgehead atoms. The van der Waals surface area contributed by atoms with Gasteiger partial charge >= 0.3 is 0 Å². The van der Waals surface area contributed by atoms with Crippen molar-refractivity contribution in [1.82, 2.24) is 9.80 Å². The number of anilines is 1. The maximum Gasteiger partial charge on any atom is 0.278 e. The van der Waals surface area contributed by atoms with Gasteiger partial charge in [0.15, 0.2) is 0 Å². The zero-order valence-electron chi connectivity index (χ0n) is 21.9. The van der Waals surface area contributed by atoms with Gasteiger partial charge in [0.05, 0.1) is 19.0 Å². The number of benzene rings is 3. The Morgan fingerprint density at radius 1 is 1.16 bits per heavy atom. The van der Waals surface area contributed by atoms with Crippen molar-refractivity contribution in [1.29, 1.82) is 0 Å². The quantitative estimate of drug-likeness (QED) is 0.354. The Kier molecular flexibility index (Phi) is 7.53. The van der Waals surface area contributed by atoms with E-state index in [0.29, 0.717) is 18.2 Å². The normalized spacial score (nSPS) is 20.4. The van der Waals surface area contributed by atoms with E-state index in [1.807, 2.05) is 50.5 Å². The lowest BCUT2D eigenvalue weighted by Crippen LogP contribution is -2.52. The number of fused-ring (bicyclic) bond motifs is 2. The number of carbonyl (C=O) groups is 1. The van der Waals surface area contributed by atoms with Crippen molar-refractivity contribution in [2.24, 2.45) is 4.99 Å². The average Bonchev–Trinajstić information content (AvgIpc) is 2.90. The second-order valence-electron chi connectivity index (χ2n) is 10.3. The topological polar surface area (TPSA) is 48.4 Å². The molecule has 5 rings (SSSR count). The molecular weight excluding hydrogens is 467 g/mol. The van der Waals surface area contributed by atoms with E-state index < -0.39 is 0 Å². The monoisotopic (exact) mass is 502 g/mol. The number of ether oxygens (including phenoxy) is 1. The highest BCUT2D eigenvalue weighted by Gasteiger charge is 2.27. The van der Waals surface area contributed by atoms with Crippen LogP contribution in [-0.2, 0) is 11.2 Å². The molecule has 194 valence electrons. The van der Waals surface area contributed by atoms with Crippen LogP contribution in [0.25, 0.3) is 10.8 Å². The highest BCUT2D eigenvalue weighted by atomic mass is 19.1. The summed E-state index contributed by atoms with van der Waals surface area (Å²) in [4.78, 5) is 23.1. The van der Waals surface area contributed by atoms with Gasteiger partial charge in [-0.05, 0) is 72.7 Å². The summed E-state index contributed by atoms with van der Waals surface area (Å²) in [7, 11) is 3.69. The summed E-state index contributed by atoms with van der Waals surface area (Å²) in [5, 5.41) is 2.04. The van der Waals surface area contributed by atoms with Gasteiger partial charge in [0, 0.05) is 63.0 Å². The van der Waals surface area contributed by atoms with E-state index in [1.54, 1.807) is 17.0 Å². The van der Waals surface area contributed by atoms with Crippen LogP contribution in [0.2, 0.25) is 0 Å². The van der Waals surface area contributed by atoms with E-state index in [0.717, 1.165) is 49.8 Å². The van der Waals surface area contributed by atoms with Crippen LogP contribution in [0.3, 0.4) is 0 Å². The maximum atomic E-state index is 13.7. The summed E-state index contributed by atoms with van der Waals surface area (Å²) in [5.41, 5.74) is 4.17. The molecule has 37 heavy (non-hydrogen) atoms. The zero-order chi connectivity index (χ0) is 25.9. The molecule has 0 aromatic heterocycles. The summed E-state index contributed by atoms with van der Waals surface area (Å²) < 4.78 is 19.9. The molecule has 3 aromatic rings. The molecular formula is C30H35FN4O2. The van der Waals surface area contributed by atoms with Crippen LogP contribution in [0.1, 0.15) is 40.9 Å². The number of amides is 1. The van der Waals surface area contributed by atoms with Gasteiger partial charge in [-0.3, -0.25) is 9.69 Å². The smallest absolute Gasteiger partial charge is 0.278 e. The summed E-state index contributed by atoms with van der Waals surface area (Å²) >= 11 is 0. The molecule has 2 aliphatic heterocycles. The van der Waals surface area contributed by atoms with Crippen LogP contribution in [-0.4, -0.2) is 75.0 Å². The first kappa shape index (κ1) is 25.4. The largest absolute Gasteiger partial charge is 0.373 e. The van der Waals surface area contributed by atoms with Gasteiger partial charge in [-0.15, -0.1) is 0 Å². The van der Waals surface area contributed by atoms with E-state index in [-0.39, 0.29) is 17.8 Å². The van der Waals surface area contributed by atoms with Crippen LogP contribution < -0.4 is 4.90 Å². The number of hydrogen-bond donors (Lipinski definition) is 0. The van der Waals surface area contributed by atoms with Crippen LogP contribution in [0, 0.1) is 5.82 Å². The fraction of sp³-hybridized carbons (Fsp3) is 0.400. The van der Waals surface area contributed by atoms with Gasteiger partial charge in [-0.2, -0.15) is 4.99 Å². The molecule has 1 saturated heterocycles. The van der Waals surface area contributed by atoms with E-state index in [2.05, 4.69) is 27.8 Å². The first-order valence-corrected chi connectivity index (χ1v) is 13.1. The number of aliphatic imine (C=N–C) groups is 1. The predicted molar refractivity (Wildman–Crippen MR) is 147 cm³/mol. The van der Waals surface area contributed by atoms with Gasteiger partial charge in [-0.1, -0.05) is 18.2 Å². The third kappa shape index (κ3) is 5.68. The molecule has 0 saturated carbocycles. The predicted octanol–water partition coefficient (Wildman–Crippen LogP) is 4.92. The molecule has 7 heteroatoms.